The molecule has 0 aromatic rings. The van der Waals surface area contributed by atoms with Crippen molar-refractivity contribution < 1.29 is 0 Å². The normalized spacial score (nSPS) is 22.8. The van der Waals surface area contributed by atoms with E-state index in [9.17, 15) is 0 Å². The summed E-state index contributed by atoms with van der Waals surface area (Å²) in [6, 6.07) is 0. The lowest BCUT2D eigenvalue weighted by molar-refractivity contribution is 0.296. The van der Waals surface area contributed by atoms with Crippen LogP contribution in [0.25, 0.3) is 0 Å². The standard InChI is InChI=1S/C13H27NS/c1-12(2)13-7-9-14(11-13)8-5-3-4-6-10-15/h12-13,15H,3-11H2,1-2H3. The second-order valence-corrected chi connectivity index (χ2v) is 5.68. The van der Waals surface area contributed by atoms with Gasteiger partial charge in [0.2, 0.25) is 0 Å². The van der Waals surface area contributed by atoms with E-state index in [2.05, 4.69) is 31.4 Å². The number of nitrogens with zero attached hydrogens (tertiary/aromatic N) is 1. The molecule has 1 aliphatic heterocycles. The third kappa shape index (κ3) is 5.26. The van der Waals surface area contributed by atoms with Gasteiger partial charge in [-0.2, -0.15) is 12.6 Å². The Bertz CT molecular complexity index is 159. The molecule has 0 bridgehead atoms. The predicted octanol–water partition coefficient (Wildman–Crippen LogP) is 3.45. The number of hydrogen-bond donors (Lipinski definition) is 1. The van der Waals surface area contributed by atoms with E-state index in [-0.39, 0.29) is 0 Å². The van der Waals surface area contributed by atoms with E-state index < -0.39 is 0 Å². The van der Waals surface area contributed by atoms with Gasteiger partial charge in [-0.3, -0.25) is 0 Å². The molecule has 1 atom stereocenters. The Hall–Kier alpha value is 0.310. The molecule has 0 radical (unpaired) electrons. The molecule has 90 valence electrons. The number of hydrogen-bond acceptors (Lipinski definition) is 2. The zero-order chi connectivity index (χ0) is 11.1. The van der Waals surface area contributed by atoms with Crippen molar-refractivity contribution >= 4 is 12.6 Å². The number of unbranched alkanes of at least 4 members (excludes halogenated alkanes) is 3. The minimum absolute atomic E-state index is 0.874. The van der Waals surface area contributed by atoms with Gasteiger partial charge in [-0.05, 0) is 49.9 Å². The van der Waals surface area contributed by atoms with Crippen LogP contribution in [0.15, 0.2) is 0 Å². The van der Waals surface area contributed by atoms with Crippen molar-refractivity contribution in [2.75, 3.05) is 25.4 Å². The van der Waals surface area contributed by atoms with Crippen molar-refractivity contribution in [3.8, 4) is 0 Å². The lowest BCUT2D eigenvalue weighted by atomic mass is 9.95. The predicted molar refractivity (Wildman–Crippen MR) is 71.7 cm³/mol. The summed E-state index contributed by atoms with van der Waals surface area (Å²) in [5.41, 5.74) is 0. The van der Waals surface area contributed by atoms with Crippen LogP contribution in [0.1, 0.15) is 46.0 Å². The summed E-state index contributed by atoms with van der Waals surface area (Å²) in [5, 5.41) is 0. The Balaban J connectivity index is 1.99. The maximum absolute atomic E-state index is 4.23. The van der Waals surface area contributed by atoms with Crippen LogP contribution in [0.2, 0.25) is 0 Å². The lowest BCUT2D eigenvalue weighted by Gasteiger charge is -2.17. The van der Waals surface area contributed by atoms with Gasteiger partial charge in [-0.25, -0.2) is 0 Å². The fourth-order valence-corrected chi connectivity index (χ4v) is 2.63. The summed E-state index contributed by atoms with van der Waals surface area (Å²) < 4.78 is 0. The van der Waals surface area contributed by atoms with Gasteiger partial charge in [0.1, 0.15) is 0 Å². The van der Waals surface area contributed by atoms with Crippen molar-refractivity contribution in [2.24, 2.45) is 11.8 Å². The van der Waals surface area contributed by atoms with Crippen LogP contribution in [0.3, 0.4) is 0 Å². The molecule has 1 heterocycles. The Morgan fingerprint density at radius 2 is 1.93 bits per heavy atom. The minimum atomic E-state index is 0.874. The molecule has 0 N–H and O–H groups in total. The van der Waals surface area contributed by atoms with Gasteiger partial charge in [-0.1, -0.05) is 26.7 Å². The highest BCUT2D eigenvalue weighted by Gasteiger charge is 2.23. The van der Waals surface area contributed by atoms with Gasteiger partial charge in [0.15, 0.2) is 0 Å². The summed E-state index contributed by atoms with van der Waals surface area (Å²) in [6.07, 6.45) is 6.86. The molecule has 0 spiro atoms. The Morgan fingerprint density at radius 1 is 1.20 bits per heavy atom. The molecule has 1 rings (SSSR count). The minimum Gasteiger partial charge on any atom is -0.303 e. The number of rotatable bonds is 7. The molecule has 15 heavy (non-hydrogen) atoms. The first-order valence-electron chi connectivity index (χ1n) is 6.57. The molecule has 1 fully saturated rings. The second-order valence-electron chi connectivity index (χ2n) is 5.23. The zero-order valence-corrected chi connectivity index (χ0v) is 11.3. The molecule has 0 aromatic carbocycles. The summed E-state index contributed by atoms with van der Waals surface area (Å²) in [6.45, 7) is 8.75. The Morgan fingerprint density at radius 3 is 2.53 bits per heavy atom. The molecule has 0 aromatic heterocycles. The number of likely N-dealkylation sites (tertiary alicyclic amines) is 1. The van der Waals surface area contributed by atoms with Gasteiger partial charge in [0.25, 0.3) is 0 Å². The molecule has 2 heteroatoms. The van der Waals surface area contributed by atoms with Crippen molar-refractivity contribution in [1.82, 2.24) is 4.90 Å². The van der Waals surface area contributed by atoms with Crippen LogP contribution in [-0.2, 0) is 0 Å². The van der Waals surface area contributed by atoms with Crippen LogP contribution in [0.4, 0.5) is 0 Å². The second kappa shape index (κ2) is 7.56. The van der Waals surface area contributed by atoms with Gasteiger partial charge in [0.05, 0.1) is 0 Å². The van der Waals surface area contributed by atoms with Gasteiger partial charge >= 0.3 is 0 Å². The largest absolute Gasteiger partial charge is 0.303 e. The van der Waals surface area contributed by atoms with E-state index >= 15 is 0 Å². The van der Waals surface area contributed by atoms with E-state index in [1.54, 1.807) is 0 Å². The SMILES string of the molecule is CC(C)C1CCN(CCCCCCS)C1. The maximum atomic E-state index is 4.23. The summed E-state index contributed by atoms with van der Waals surface area (Å²) in [4.78, 5) is 2.66. The van der Waals surface area contributed by atoms with Crippen LogP contribution < -0.4 is 0 Å². The molecule has 1 unspecified atom stereocenters. The molecule has 1 aliphatic rings. The highest BCUT2D eigenvalue weighted by molar-refractivity contribution is 7.80. The summed E-state index contributed by atoms with van der Waals surface area (Å²) in [5.74, 6) is 2.89. The molecular weight excluding hydrogens is 202 g/mol. The first-order valence-corrected chi connectivity index (χ1v) is 7.20. The van der Waals surface area contributed by atoms with E-state index in [4.69, 9.17) is 0 Å². The number of thiol groups is 1. The third-order valence-corrected chi connectivity index (χ3v) is 3.95. The topological polar surface area (TPSA) is 3.24 Å². The summed E-state index contributed by atoms with van der Waals surface area (Å²) >= 11 is 4.23. The summed E-state index contributed by atoms with van der Waals surface area (Å²) in [7, 11) is 0. The fraction of sp³-hybridized carbons (Fsp3) is 1.00. The van der Waals surface area contributed by atoms with E-state index in [1.165, 1.54) is 51.7 Å². The molecule has 1 saturated heterocycles. The van der Waals surface area contributed by atoms with Gasteiger partial charge < -0.3 is 4.90 Å². The Kier molecular flexibility index (Phi) is 6.74. The first-order chi connectivity index (χ1) is 7.24. The highest BCUT2D eigenvalue weighted by Crippen LogP contribution is 2.23. The molecular formula is C13H27NS. The Labute approximate surface area is 101 Å². The van der Waals surface area contributed by atoms with Crippen LogP contribution in [0, 0.1) is 11.8 Å². The van der Waals surface area contributed by atoms with E-state index in [0.717, 1.165) is 17.6 Å². The monoisotopic (exact) mass is 229 g/mol. The lowest BCUT2D eigenvalue weighted by Crippen LogP contribution is -2.23. The van der Waals surface area contributed by atoms with Crippen LogP contribution >= 0.6 is 12.6 Å². The maximum Gasteiger partial charge on any atom is 0.00126 e. The van der Waals surface area contributed by atoms with Crippen molar-refractivity contribution in [3.63, 3.8) is 0 Å². The van der Waals surface area contributed by atoms with Crippen LogP contribution in [0.5, 0.6) is 0 Å². The van der Waals surface area contributed by atoms with Gasteiger partial charge in [-0.15, -0.1) is 0 Å². The zero-order valence-electron chi connectivity index (χ0n) is 10.4. The average molecular weight is 229 g/mol. The highest BCUT2D eigenvalue weighted by atomic mass is 32.1. The molecule has 0 saturated carbocycles. The van der Waals surface area contributed by atoms with Crippen molar-refractivity contribution in [1.29, 1.82) is 0 Å². The van der Waals surface area contributed by atoms with Crippen molar-refractivity contribution in [2.45, 2.75) is 46.0 Å². The quantitative estimate of drug-likeness (QED) is 0.517. The average Bonchev–Trinajstić information content (AvgIpc) is 2.66. The van der Waals surface area contributed by atoms with Crippen LogP contribution in [-0.4, -0.2) is 30.3 Å². The van der Waals surface area contributed by atoms with Crippen molar-refractivity contribution in [3.05, 3.63) is 0 Å². The molecule has 1 nitrogen and oxygen atoms in total. The smallest absolute Gasteiger partial charge is 0.00126 e. The third-order valence-electron chi connectivity index (χ3n) is 3.63. The van der Waals surface area contributed by atoms with Gasteiger partial charge in [0, 0.05) is 6.54 Å². The fourth-order valence-electron chi connectivity index (χ4n) is 2.41. The first kappa shape index (κ1) is 13.4. The van der Waals surface area contributed by atoms with E-state index in [1.807, 2.05) is 0 Å². The van der Waals surface area contributed by atoms with E-state index in [0.29, 0.717) is 0 Å². The molecule has 0 amide bonds. The molecule has 0 aliphatic carbocycles.